The van der Waals surface area contributed by atoms with Gasteiger partial charge in [-0.2, -0.15) is 4.98 Å². The van der Waals surface area contributed by atoms with Gasteiger partial charge in [-0.05, 0) is 36.0 Å². The Morgan fingerprint density at radius 1 is 1.43 bits per heavy atom. The van der Waals surface area contributed by atoms with Gasteiger partial charge in [0, 0.05) is 25.1 Å². The van der Waals surface area contributed by atoms with E-state index >= 15 is 0 Å². The first-order valence-corrected chi connectivity index (χ1v) is 7.94. The first-order valence-electron chi connectivity index (χ1n) is 7.94. The van der Waals surface area contributed by atoms with E-state index in [0.717, 1.165) is 41.8 Å². The summed E-state index contributed by atoms with van der Waals surface area (Å²) in [5.41, 5.74) is 5.27. The van der Waals surface area contributed by atoms with Crippen molar-refractivity contribution in [1.82, 2.24) is 10.5 Å². The summed E-state index contributed by atoms with van der Waals surface area (Å²) in [5.74, 6) is 1.17. The van der Waals surface area contributed by atoms with Crippen LogP contribution in [-0.2, 0) is 25.9 Å². The minimum Gasteiger partial charge on any atom is -0.428 e. The van der Waals surface area contributed by atoms with Crippen LogP contribution in [0.25, 0.3) is 0 Å². The molecule has 0 bridgehead atoms. The fourth-order valence-corrected chi connectivity index (χ4v) is 3.50. The van der Waals surface area contributed by atoms with Crippen molar-refractivity contribution in [3.8, 4) is 0 Å². The number of amides is 1. The quantitative estimate of drug-likeness (QED) is 0.657. The van der Waals surface area contributed by atoms with Gasteiger partial charge in [0.15, 0.2) is 0 Å². The van der Waals surface area contributed by atoms with Crippen molar-refractivity contribution in [3.05, 3.63) is 46.3 Å². The minimum atomic E-state index is -0.482. The van der Waals surface area contributed by atoms with E-state index in [9.17, 15) is 4.79 Å². The van der Waals surface area contributed by atoms with Crippen LogP contribution in [0, 0.1) is 5.92 Å². The van der Waals surface area contributed by atoms with Crippen molar-refractivity contribution in [2.24, 2.45) is 5.92 Å². The number of oxazole rings is 1. The molecule has 2 N–H and O–H groups in total. The zero-order valence-electron chi connectivity index (χ0n) is 13.0. The first kappa shape index (κ1) is 14.3. The lowest BCUT2D eigenvalue weighted by Gasteiger charge is -2.14. The van der Waals surface area contributed by atoms with Crippen LogP contribution in [0.15, 0.2) is 22.6 Å². The molecule has 1 aromatic heterocycles. The van der Waals surface area contributed by atoms with E-state index in [-0.39, 0.29) is 0 Å². The molecule has 2 aromatic rings. The van der Waals surface area contributed by atoms with Gasteiger partial charge < -0.3 is 9.32 Å². The average Bonchev–Trinajstić information content (AvgIpc) is 3.16. The van der Waals surface area contributed by atoms with E-state index in [1.54, 1.807) is 11.5 Å². The summed E-state index contributed by atoms with van der Waals surface area (Å²) < 4.78 is 5.96. The number of aromatic nitrogens is 1. The van der Waals surface area contributed by atoms with Crippen LogP contribution in [-0.4, -0.2) is 16.1 Å². The fraction of sp³-hybridized carbons (Fsp3) is 0.412. The summed E-state index contributed by atoms with van der Waals surface area (Å²) in [6.45, 7) is 3.47. The minimum absolute atomic E-state index is 0.482. The van der Waals surface area contributed by atoms with Crippen molar-refractivity contribution in [2.45, 2.75) is 39.3 Å². The lowest BCUT2D eigenvalue weighted by Crippen LogP contribution is -2.21. The average molecular weight is 313 g/mol. The molecule has 1 aliphatic carbocycles. The zero-order valence-corrected chi connectivity index (χ0v) is 13.0. The highest BCUT2D eigenvalue weighted by molar-refractivity contribution is 5.95. The van der Waals surface area contributed by atoms with Gasteiger partial charge in [0.2, 0.25) is 0 Å². The second kappa shape index (κ2) is 5.38. The summed E-state index contributed by atoms with van der Waals surface area (Å²) in [4.78, 5) is 18.5. The molecule has 1 aliphatic heterocycles. The normalized spacial score (nSPS) is 19.4. The van der Waals surface area contributed by atoms with E-state index in [2.05, 4.69) is 11.9 Å². The Hall–Kier alpha value is -2.34. The van der Waals surface area contributed by atoms with Crippen molar-refractivity contribution < 1.29 is 14.4 Å². The SMILES string of the molecule is CC1CCc2oc(N3Cc4cccc(C(=O)NO)c4C3)nc2C1. The maximum atomic E-state index is 11.8. The summed E-state index contributed by atoms with van der Waals surface area (Å²) in [6, 6.07) is 6.18. The van der Waals surface area contributed by atoms with Crippen LogP contribution in [0.2, 0.25) is 0 Å². The monoisotopic (exact) mass is 313 g/mol. The molecule has 2 heterocycles. The molecule has 1 amide bonds. The Bertz CT molecular complexity index is 768. The van der Waals surface area contributed by atoms with Crippen LogP contribution in [0.1, 0.15) is 46.3 Å². The molecule has 4 rings (SSSR count). The van der Waals surface area contributed by atoms with Crippen molar-refractivity contribution in [1.29, 1.82) is 0 Å². The van der Waals surface area contributed by atoms with Crippen LogP contribution in [0.5, 0.6) is 0 Å². The highest BCUT2D eigenvalue weighted by Gasteiger charge is 2.29. The molecule has 23 heavy (non-hydrogen) atoms. The number of fused-ring (bicyclic) bond motifs is 2. The first-order chi connectivity index (χ1) is 11.2. The summed E-state index contributed by atoms with van der Waals surface area (Å²) in [7, 11) is 0. The molecule has 1 aromatic carbocycles. The Morgan fingerprint density at radius 2 is 2.30 bits per heavy atom. The molecule has 120 valence electrons. The smallest absolute Gasteiger partial charge is 0.298 e. The number of rotatable bonds is 2. The molecular formula is C17H19N3O3. The number of carbonyl (C=O) groups is 1. The summed E-state index contributed by atoms with van der Waals surface area (Å²) in [5, 5.41) is 8.89. The van der Waals surface area contributed by atoms with Crippen molar-refractivity contribution in [2.75, 3.05) is 4.90 Å². The largest absolute Gasteiger partial charge is 0.428 e. The Kier molecular flexibility index (Phi) is 3.34. The number of hydroxylamine groups is 1. The summed E-state index contributed by atoms with van der Waals surface area (Å²) >= 11 is 0. The highest BCUT2D eigenvalue weighted by atomic mass is 16.5. The maximum absolute atomic E-state index is 11.8. The molecule has 0 fully saturated rings. The molecular weight excluding hydrogens is 294 g/mol. The molecule has 1 atom stereocenters. The van der Waals surface area contributed by atoms with E-state index in [4.69, 9.17) is 9.62 Å². The standard InChI is InChI=1S/C17H19N3O3/c1-10-5-6-15-14(7-10)18-17(23-15)20-8-11-3-2-4-12(13(11)9-20)16(21)19-22/h2-4,10,22H,5-9H2,1H3,(H,19,21). The second-order valence-electron chi connectivity index (χ2n) is 6.45. The number of hydrogen-bond acceptors (Lipinski definition) is 5. The number of carbonyl (C=O) groups excluding carboxylic acids is 1. The van der Waals surface area contributed by atoms with E-state index in [1.165, 1.54) is 0 Å². The van der Waals surface area contributed by atoms with E-state index < -0.39 is 5.91 Å². The van der Waals surface area contributed by atoms with Crippen LogP contribution in [0.4, 0.5) is 6.01 Å². The molecule has 0 radical (unpaired) electrons. The molecule has 6 nitrogen and oxygen atoms in total. The Balaban J connectivity index is 1.63. The van der Waals surface area contributed by atoms with Crippen LogP contribution in [0.3, 0.4) is 0 Å². The van der Waals surface area contributed by atoms with E-state index in [0.29, 0.717) is 30.6 Å². The number of nitrogens with zero attached hydrogens (tertiary/aromatic N) is 2. The van der Waals surface area contributed by atoms with Gasteiger partial charge in [-0.1, -0.05) is 19.1 Å². The topological polar surface area (TPSA) is 78.6 Å². The Morgan fingerprint density at radius 3 is 3.13 bits per heavy atom. The lowest BCUT2D eigenvalue weighted by molar-refractivity contribution is 0.0705. The predicted octanol–water partition coefficient (Wildman–Crippen LogP) is 2.44. The molecule has 0 saturated heterocycles. The number of anilines is 1. The number of nitrogens with one attached hydrogen (secondary N) is 1. The van der Waals surface area contributed by atoms with Gasteiger partial charge in [-0.3, -0.25) is 10.0 Å². The number of aryl methyl sites for hydroxylation is 1. The van der Waals surface area contributed by atoms with Crippen LogP contribution >= 0.6 is 0 Å². The number of hydrogen-bond donors (Lipinski definition) is 2. The molecule has 6 heteroatoms. The van der Waals surface area contributed by atoms with Crippen molar-refractivity contribution >= 4 is 11.9 Å². The molecule has 1 unspecified atom stereocenters. The second-order valence-corrected chi connectivity index (χ2v) is 6.45. The van der Waals surface area contributed by atoms with Gasteiger partial charge in [0.1, 0.15) is 5.76 Å². The molecule has 0 spiro atoms. The van der Waals surface area contributed by atoms with Gasteiger partial charge in [-0.15, -0.1) is 0 Å². The Labute approximate surface area is 134 Å². The molecule has 2 aliphatic rings. The highest BCUT2D eigenvalue weighted by Crippen LogP contribution is 2.33. The third-order valence-corrected chi connectivity index (χ3v) is 4.77. The van der Waals surface area contributed by atoms with Gasteiger partial charge in [0.25, 0.3) is 11.9 Å². The predicted molar refractivity (Wildman–Crippen MR) is 83.3 cm³/mol. The lowest BCUT2D eigenvalue weighted by atomic mass is 9.92. The maximum Gasteiger partial charge on any atom is 0.298 e. The van der Waals surface area contributed by atoms with Crippen molar-refractivity contribution in [3.63, 3.8) is 0 Å². The molecule has 0 saturated carbocycles. The third-order valence-electron chi connectivity index (χ3n) is 4.77. The zero-order chi connectivity index (χ0) is 16.0. The fourth-order valence-electron chi connectivity index (χ4n) is 3.50. The van der Waals surface area contributed by atoms with E-state index in [1.807, 2.05) is 17.0 Å². The van der Waals surface area contributed by atoms with Gasteiger partial charge in [0.05, 0.1) is 5.69 Å². The third kappa shape index (κ3) is 2.39. The van der Waals surface area contributed by atoms with Gasteiger partial charge >= 0.3 is 0 Å². The van der Waals surface area contributed by atoms with Crippen LogP contribution < -0.4 is 10.4 Å². The number of benzene rings is 1. The van der Waals surface area contributed by atoms with Gasteiger partial charge in [-0.25, -0.2) is 5.48 Å². The summed E-state index contributed by atoms with van der Waals surface area (Å²) in [6.07, 6.45) is 3.06.